The van der Waals surface area contributed by atoms with Crippen LogP contribution in [0.15, 0.2) is 11.8 Å². The standard InChI is InChI=1S/C5H7F3O/c1-5(2,8)3(6)4(7)9/h9H,1-2H3. The molecule has 1 N–H and O–H groups in total. The molecule has 9 heavy (non-hydrogen) atoms. The van der Waals surface area contributed by atoms with Crippen LogP contribution >= 0.6 is 0 Å². The van der Waals surface area contributed by atoms with Crippen LogP contribution in [0.4, 0.5) is 13.2 Å². The smallest absolute Gasteiger partial charge is 0.305 e. The van der Waals surface area contributed by atoms with Crippen molar-refractivity contribution in [2.75, 3.05) is 0 Å². The summed E-state index contributed by atoms with van der Waals surface area (Å²) < 4.78 is 35.5. The third-order valence-corrected chi connectivity index (χ3v) is 0.703. The van der Waals surface area contributed by atoms with Crippen molar-refractivity contribution in [1.29, 1.82) is 0 Å². The molecule has 0 aliphatic heterocycles. The van der Waals surface area contributed by atoms with Crippen molar-refractivity contribution in [3.63, 3.8) is 0 Å². The first-order valence-electron chi connectivity index (χ1n) is 2.29. The van der Waals surface area contributed by atoms with Gasteiger partial charge >= 0.3 is 6.01 Å². The summed E-state index contributed by atoms with van der Waals surface area (Å²) in [6.45, 7) is 1.61. The van der Waals surface area contributed by atoms with E-state index in [4.69, 9.17) is 5.11 Å². The van der Waals surface area contributed by atoms with Crippen LogP contribution in [0.3, 0.4) is 0 Å². The maximum atomic E-state index is 12.2. The first kappa shape index (κ1) is 8.33. The maximum Gasteiger partial charge on any atom is 0.305 e. The third-order valence-electron chi connectivity index (χ3n) is 0.703. The number of aliphatic hydroxyl groups excluding tert-OH is 1. The fourth-order valence-corrected chi connectivity index (χ4v) is 0.245. The number of alkyl halides is 1. The van der Waals surface area contributed by atoms with Crippen LogP contribution < -0.4 is 0 Å². The molecule has 1 nitrogen and oxygen atoms in total. The van der Waals surface area contributed by atoms with E-state index < -0.39 is 17.5 Å². The molecule has 0 amide bonds. The highest BCUT2D eigenvalue weighted by molar-refractivity contribution is 5.04. The van der Waals surface area contributed by atoms with Gasteiger partial charge in [0.1, 0.15) is 0 Å². The molecule has 0 radical (unpaired) electrons. The molecule has 0 fully saturated rings. The van der Waals surface area contributed by atoms with Crippen LogP contribution in [-0.4, -0.2) is 10.8 Å². The van der Waals surface area contributed by atoms with Crippen molar-refractivity contribution in [1.82, 2.24) is 0 Å². The van der Waals surface area contributed by atoms with E-state index in [1.54, 1.807) is 0 Å². The van der Waals surface area contributed by atoms with Crippen LogP contribution in [0.25, 0.3) is 0 Å². The van der Waals surface area contributed by atoms with Gasteiger partial charge in [0.25, 0.3) is 0 Å². The Bertz CT molecular complexity index is 130. The molecular formula is C5H7F3O. The van der Waals surface area contributed by atoms with Crippen molar-refractivity contribution in [2.45, 2.75) is 19.5 Å². The summed E-state index contributed by atoms with van der Waals surface area (Å²) in [4.78, 5) is 0. The third kappa shape index (κ3) is 2.39. The van der Waals surface area contributed by atoms with Gasteiger partial charge in [0, 0.05) is 0 Å². The van der Waals surface area contributed by atoms with E-state index in [1.165, 1.54) is 0 Å². The highest BCUT2D eigenvalue weighted by Gasteiger charge is 2.26. The van der Waals surface area contributed by atoms with Crippen LogP contribution in [0.2, 0.25) is 0 Å². The normalized spacial score (nSPS) is 15.2. The molecule has 0 aromatic carbocycles. The zero-order chi connectivity index (χ0) is 7.65. The number of halogens is 3. The van der Waals surface area contributed by atoms with Crippen LogP contribution in [0.1, 0.15) is 13.8 Å². The Labute approximate surface area is 50.8 Å². The molecule has 0 saturated carbocycles. The number of aliphatic hydroxyl groups is 1. The topological polar surface area (TPSA) is 20.2 Å². The van der Waals surface area contributed by atoms with Crippen LogP contribution in [0.5, 0.6) is 0 Å². The summed E-state index contributed by atoms with van der Waals surface area (Å²) in [7, 11) is 0. The lowest BCUT2D eigenvalue weighted by atomic mass is 10.1. The van der Waals surface area contributed by atoms with Crippen molar-refractivity contribution >= 4 is 0 Å². The maximum absolute atomic E-state index is 12.2. The highest BCUT2D eigenvalue weighted by atomic mass is 19.2. The fourth-order valence-electron chi connectivity index (χ4n) is 0.245. The van der Waals surface area contributed by atoms with Gasteiger partial charge in [0.15, 0.2) is 5.67 Å². The van der Waals surface area contributed by atoms with E-state index in [-0.39, 0.29) is 0 Å². The lowest BCUT2D eigenvalue weighted by Crippen LogP contribution is -2.13. The number of rotatable bonds is 1. The van der Waals surface area contributed by atoms with Gasteiger partial charge in [-0.25, -0.2) is 8.78 Å². The van der Waals surface area contributed by atoms with Crippen molar-refractivity contribution in [3.05, 3.63) is 11.8 Å². The summed E-state index contributed by atoms with van der Waals surface area (Å²) in [5.41, 5.74) is -2.43. The van der Waals surface area contributed by atoms with Gasteiger partial charge in [-0.2, -0.15) is 4.39 Å². The van der Waals surface area contributed by atoms with E-state index in [2.05, 4.69) is 0 Å². The Balaban J connectivity index is 4.40. The second-order valence-corrected chi connectivity index (χ2v) is 2.08. The minimum absolute atomic E-state index is 0.804. The summed E-state index contributed by atoms with van der Waals surface area (Å²) in [5, 5.41) is 7.75. The van der Waals surface area contributed by atoms with E-state index in [9.17, 15) is 13.2 Å². The molecular weight excluding hydrogens is 133 g/mol. The molecule has 0 spiro atoms. The molecule has 54 valence electrons. The Kier molecular flexibility index (Phi) is 2.12. The van der Waals surface area contributed by atoms with Crippen LogP contribution in [0, 0.1) is 0 Å². The average Bonchev–Trinajstić information content (AvgIpc) is 1.62. The predicted molar refractivity (Wildman–Crippen MR) is 27.1 cm³/mol. The van der Waals surface area contributed by atoms with E-state index in [1.807, 2.05) is 0 Å². The Morgan fingerprint density at radius 1 is 1.33 bits per heavy atom. The fraction of sp³-hybridized carbons (Fsp3) is 0.600. The Hall–Kier alpha value is -0.670. The lowest BCUT2D eigenvalue weighted by Gasteiger charge is -2.08. The highest BCUT2D eigenvalue weighted by Crippen LogP contribution is 2.24. The number of hydrogen-bond acceptors (Lipinski definition) is 1. The Morgan fingerprint density at radius 3 is 1.67 bits per heavy atom. The van der Waals surface area contributed by atoms with Gasteiger partial charge in [0.05, 0.1) is 0 Å². The Morgan fingerprint density at radius 2 is 1.67 bits per heavy atom. The number of allylic oxidation sites excluding steroid dienone is 1. The predicted octanol–water partition coefficient (Wildman–Crippen LogP) is 2.40. The number of hydrogen-bond donors (Lipinski definition) is 1. The zero-order valence-electron chi connectivity index (χ0n) is 5.08. The van der Waals surface area contributed by atoms with E-state index in [0.29, 0.717) is 0 Å². The second kappa shape index (κ2) is 2.29. The van der Waals surface area contributed by atoms with Crippen molar-refractivity contribution in [2.24, 2.45) is 0 Å². The minimum atomic E-state index is -2.43. The van der Waals surface area contributed by atoms with Gasteiger partial charge in [-0.3, -0.25) is 0 Å². The van der Waals surface area contributed by atoms with Gasteiger partial charge < -0.3 is 5.11 Å². The van der Waals surface area contributed by atoms with Gasteiger partial charge in [-0.15, -0.1) is 0 Å². The van der Waals surface area contributed by atoms with Gasteiger partial charge in [-0.05, 0) is 13.8 Å². The lowest BCUT2D eigenvalue weighted by molar-refractivity contribution is 0.175. The molecule has 0 bridgehead atoms. The van der Waals surface area contributed by atoms with E-state index in [0.717, 1.165) is 13.8 Å². The largest absolute Gasteiger partial charge is 0.484 e. The first-order valence-corrected chi connectivity index (χ1v) is 2.29. The molecule has 0 unspecified atom stereocenters. The monoisotopic (exact) mass is 140 g/mol. The summed E-state index contributed by atoms with van der Waals surface area (Å²) in [5.74, 6) is -1.78. The molecule has 0 heterocycles. The quantitative estimate of drug-likeness (QED) is 0.554. The second-order valence-electron chi connectivity index (χ2n) is 2.08. The van der Waals surface area contributed by atoms with E-state index >= 15 is 0 Å². The zero-order valence-corrected chi connectivity index (χ0v) is 5.08. The summed E-state index contributed by atoms with van der Waals surface area (Å²) in [6.07, 6.45) is 0. The molecule has 0 aromatic rings. The molecule has 0 saturated heterocycles. The SMILES string of the molecule is CC(C)(F)C(F)=C(O)F. The molecule has 4 heteroatoms. The van der Waals surface area contributed by atoms with Gasteiger partial charge in [-0.1, -0.05) is 0 Å². The molecule has 0 aliphatic rings. The van der Waals surface area contributed by atoms with Crippen LogP contribution in [-0.2, 0) is 0 Å². The molecule has 0 rings (SSSR count). The minimum Gasteiger partial charge on any atom is -0.484 e. The summed E-state index contributed by atoms with van der Waals surface area (Å²) >= 11 is 0. The first-order chi connectivity index (χ1) is 3.85. The van der Waals surface area contributed by atoms with Crippen molar-refractivity contribution < 1.29 is 18.3 Å². The summed E-state index contributed by atoms with van der Waals surface area (Å²) in [6, 6.07) is -2.09. The molecule has 0 aliphatic carbocycles. The van der Waals surface area contributed by atoms with Crippen molar-refractivity contribution in [3.8, 4) is 0 Å². The average molecular weight is 140 g/mol. The molecule has 0 atom stereocenters. The van der Waals surface area contributed by atoms with Gasteiger partial charge in [0.2, 0.25) is 5.83 Å². The molecule has 0 aromatic heterocycles.